The topological polar surface area (TPSA) is 138 Å². The zero-order valence-corrected chi connectivity index (χ0v) is 25.4. The van der Waals surface area contributed by atoms with Gasteiger partial charge in [0.1, 0.15) is 18.2 Å². The molecule has 0 radical (unpaired) electrons. The smallest absolute Gasteiger partial charge is 0.411 e. The number of nitriles is 1. The van der Waals surface area contributed by atoms with Gasteiger partial charge in [0.15, 0.2) is 0 Å². The Bertz CT molecular complexity index is 1950. The molecule has 0 spiro atoms. The monoisotopic (exact) mass is 623 g/mol. The normalized spacial score (nSPS) is 10.8. The predicted octanol–water partition coefficient (Wildman–Crippen LogP) is 5.89. The Kier molecular flexibility index (Phi) is 9.84. The van der Waals surface area contributed by atoms with Gasteiger partial charge in [-0.25, -0.2) is 23.9 Å². The Hall–Kier alpha value is -5.80. The lowest BCUT2D eigenvalue weighted by Gasteiger charge is -2.14. The van der Waals surface area contributed by atoms with E-state index in [9.17, 15) is 14.0 Å². The lowest BCUT2D eigenvalue weighted by molar-refractivity contribution is 0.0601. The van der Waals surface area contributed by atoms with Crippen molar-refractivity contribution in [3.8, 4) is 23.2 Å². The molecule has 0 unspecified atom stereocenters. The highest BCUT2D eigenvalue weighted by atomic mass is 19.1. The van der Waals surface area contributed by atoms with Crippen molar-refractivity contribution in [1.29, 1.82) is 5.26 Å². The van der Waals surface area contributed by atoms with Crippen LogP contribution in [0.2, 0.25) is 0 Å². The molecule has 0 saturated heterocycles. The number of nitrogens with one attached hydrogen (secondary N) is 1. The van der Waals surface area contributed by atoms with Crippen LogP contribution in [0.15, 0.2) is 72.8 Å². The van der Waals surface area contributed by atoms with Gasteiger partial charge >= 0.3 is 12.1 Å². The zero-order valence-electron chi connectivity index (χ0n) is 25.4. The van der Waals surface area contributed by atoms with Gasteiger partial charge in [-0.15, -0.1) is 0 Å². The number of amides is 1. The Morgan fingerprint density at radius 2 is 1.78 bits per heavy atom. The molecule has 0 aliphatic carbocycles. The third-order valence-electron chi connectivity index (χ3n) is 7.22. The van der Waals surface area contributed by atoms with E-state index in [1.165, 1.54) is 26.4 Å². The molecular formula is C34H30FN5O6. The zero-order chi connectivity index (χ0) is 32.6. The summed E-state index contributed by atoms with van der Waals surface area (Å²) in [7, 11) is 4.22. The second kappa shape index (κ2) is 14.3. The summed E-state index contributed by atoms with van der Waals surface area (Å²) in [5, 5.41) is 11.8. The minimum absolute atomic E-state index is 0.0761. The summed E-state index contributed by atoms with van der Waals surface area (Å²) < 4.78 is 37.2. The highest BCUT2D eigenvalue weighted by Crippen LogP contribution is 2.29. The summed E-state index contributed by atoms with van der Waals surface area (Å²) in [6, 6.07) is 22.0. The van der Waals surface area contributed by atoms with E-state index >= 15 is 0 Å². The first kappa shape index (κ1) is 31.6. The van der Waals surface area contributed by atoms with Crippen molar-refractivity contribution < 1.29 is 32.9 Å². The Balaban J connectivity index is 1.45. The lowest BCUT2D eigenvalue weighted by atomic mass is 10.0. The molecule has 46 heavy (non-hydrogen) atoms. The maximum atomic E-state index is 14.3. The van der Waals surface area contributed by atoms with Crippen LogP contribution < -0.4 is 10.1 Å². The second-order valence-electron chi connectivity index (χ2n) is 10.1. The van der Waals surface area contributed by atoms with Crippen molar-refractivity contribution in [1.82, 2.24) is 14.5 Å². The first-order valence-corrected chi connectivity index (χ1v) is 14.2. The van der Waals surface area contributed by atoms with Crippen LogP contribution in [0.1, 0.15) is 32.9 Å². The van der Waals surface area contributed by atoms with Crippen LogP contribution in [-0.4, -0.2) is 54.5 Å². The molecule has 1 N–H and O–H groups in total. The lowest BCUT2D eigenvalue weighted by Crippen LogP contribution is -2.14. The number of rotatable bonds is 11. The molecule has 234 valence electrons. The van der Waals surface area contributed by atoms with Crippen molar-refractivity contribution in [2.45, 2.75) is 19.6 Å². The number of anilines is 1. The number of esters is 1. The number of hydrogen-bond donors (Lipinski definition) is 1. The number of nitrogens with zero attached hydrogens (tertiary/aromatic N) is 4. The van der Waals surface area contributed by atoms with E-state index in [0.29, 0.717) is 53.4 Å². The first-order chi connectivity index (χ1) is 22.3. The molecular weight excluding hydrogens is 593 g/mol. The van der Waals surface area contributed by atoms with Gasteiger partial charge in [-0.05, 0) is 48.0 Å². The summed E-state index contributed by atoms with van der Waals surface area (Å²) in [6.07, 6.45) is -0.318. The number of aromatic nitrogens is 3. The number of fused-ring (bicyclic) bond motifs is 1. The molecule has 2 aromatic heterocycles. The van der Waals surface area contributed by atoms with Gasteiger partial charge in [-0.3, -0.25) is 5.32 Å². The van der Waals surface area contributed by atoms with Gasteiger partial charge in [0.2, 0.25) is 5.88 Å². The fourth-order valence-electron chi connectivity index (χ4n) is 4.86. The van der Waals surface area contributed by atoms with Crippen molar-refractivity contribution >= 4 is 28.8 Å². The molecule has 0 aliphatic heterocycles. The van der Waals surface area contributed by atoms with E-state index < -0.39 is 17.9 Å². The maximum absolute atomic E-state index is 14.3. The maximum Gasteiger partial charge on any atom is 0.411 e. The number of imidazole rings is 1. The van der Waals surface area contributed by atoms with E-state index in [2.05, 4.69) is 10.3 Å². The molecule has 0 atom stereocenters. The standard InChI is InChI=1S/C34H30FN5O6/c1-43-14-13-40-30-17-24(33(41)44-2)11-12-28(30)37-31(40)18-23-10-9-22(16-29(23)39-34(42)45-3)27-5-4-6-32(38-27)46-20-25-8-7-21(19-36)15-26(25)35/h4-12,15-17H,13-14,18,20H2,1-3H3,(H,39,42). The third-order valence-corrected chi connectivity index (χ3v) is 7.22. The summed E-state index contributed by atoms with van der Waals surface area (Å²) in [5.41, 5.74) is 4.83. The molecule has 0 bridgehead atoms. The number of benzene rings is 3. The van der Waals surface area contributed by atoms with Gasteiger partial charge in [0, 0.05) is 43.0 Å². The molecule has 0 aliphatic rings. The Morgan fingerprint density at radius 1 is 0.957 bits per heavy atom. The number of methoxy groups -OCH3 is 3. The molecule has 5 aromatic rings. The largest absolute Gasteiger partial charge is 0.473 e. The SMILES string of the molecule is COCCn1c(Cc2ccc(-c3cccc(OCc4ccc(C#N)cc4F)n3)cc2NC(=O)OC)nc2ccc(C(=O)OC)cc21. The van der Waals surface area contributed by atoms with Gasteiger partial charge in [-0.1, -0.05) is 24.3 Å². The predicted molar refractivity (Wildman–Crippen MR) is 167 cm³/mol. The summed E-state index contributed by atoms with van der Waals surface area (Å²) in [4.78, 5) is 33.9. The quantitative estimate of drug-likeness (QED) is 0.179. The van der Waals surface area contributed by atoms with Crippen molar-refractivity contribution in [2.24, 2.45) is 0 Å². The number of ether oxygens (including phenoxy) is 4. The number of carbonyl (C=O) groups excluding carboxylic acids is 2. The second-order valence-corrected chi connectivity index (χ2v) is 10.1. The summed E-state index contributed by atoms with van der Waals surface area (Å²) in [6.45, 7) is 0.816. The van der Waals surface area contributed by atoms with Crippen LogP contribution >= 0.6 is 0 Å². The van der Waals surface area contributed by atoms with E-state index in [1.807, 2.05) is 22.8 Å². The van der Waals surface area contributed by atoms with Crippen LogP contribution in [-0.2, 0) is 33.8 Å². The number of carbonyl (C=O) groups is 2. The molecule has 0 saturated carbocycles. The van der Waals surface area contributed by atoms with Crippen LogP contribution in [0.4, 0.5) is 14.9 Å². The average molecular weight is 624 g/mol. The van der Waals surface area contributed by atoms with Gasteiger partial charge in [0.25, 0.3) is 0 Å². The van der Waals surface area contributed by atoms with Crippen molar-refractivity contribution in [3.63, 3.8) is 0 Å². The van der Waals surface area contributed by atoms with Gasteiger partial charge < -0.3 is 23.5 Å². The number of pyridine rings is 1. The minimum atomic E-state index is -0.650. The van der Waals surface area contributed by atoms with Crippen LogP contribution in [0, 0.1) is 17.1 Å². The average Bonchev–Trinajstić information content (AvgIpc) is 3.42. The Morgan fingerprint density at radius 3 is 2.52 bits per heavy atom. The first-order valence-electron chi connectivity index (χ1n) is 14.2. The summed E-state index contributed by atoms with van der Waals surface area (Å²) >= 11 is 0. The van der Waals surface area contributed by atoms with E-state index in [1.54, 1.807) is 49.6 Å². The molecule has 2 heterocycles. The number of hydrogen-bond acceptors (Lipinski definition) is 9. The fourth-order valence-corrected chi connectivity index (χ4v) is 4.86. The van der Waals surface area contributed by atoms with E-state index in [0.717, 1.165) is 17.1 Å². The van der Waals surface area contributed by atoms with Crippen LogP contribution in [0.5, 0.6) is 5.88 Å². The van der Waals surface area contributed by atoms with Crippen molar-refractivity contribution in [3.05, 3.63) is 107 Å². The fraction of sp³-hybridized carbons (Fsp3) is 0.206. The van der Waals surface area contributed by atoms with E-state index in [-0.39, 0.29) is 23.6 Å². The molecule has 1 amide bonds. The highest BCUT2D eigenvalue weighted by molar-refractivity contribution is 5.94. The molecule has 3 aromatic carbocycles. The van der Waals surface area contributed by atoms with Crippen LogP contribution in [0.25, 0.3) is 22.3 Å². The molecule has 5 rings (SSSR count). The third kappa shape index (κ3) is 7.11. The molecule has 0 fully saturated rings. The van der Waals surface area contributed by atoms with Crippen molar-refractivity contribution in [2.75, 3.05) is 33.3 Å². The Labute approximate surface area is 264 Å². The summed E-state index contributed by atoms with van der Waals surface area (Å²) in [5.74, 6) is -0.0270. The van der Waals surface area contributed by atoms with Gasteiger partial charge in [0.05, 0.1) is 54.7 Å². The van der Waals surface area contributed by atoms with E-state index in [4.69, 9.17) is 29.2 Å². The molecule has 11 nitrogen and oxygen atoms in total. The number of halogens is 1. The molecule has 12 heteroatoms. The van der Waals surface area contributed by atoms with Crippen LogP contribution in [0.3, 0.4) is 0 Å². The van der Waals surface area contributed by atoms with Gasteiger partial charge in [-0.2, -0.15) is 5.26 Å². The highest BCUT2D eigenvalue weighted by Gasteiger charge is 2.18. The minimum Gasteiger partial charge on any atom is -0.473 e.